The number of hydrogen-bond acceptors (Lipinski definition) is 5. The molecule has 1 heterocycles. The second kappa shape index (κ2) is 6.02. The second-order valence-electron chi connectivity index (χ2n) is 3.81. The third-order valence-electron chi connectivity index (χ3n) is 2.39. The molecule has 0 aliphatic heterocycles. The van der Waals surface area contributed by atoms with Crippen LogP contribution < -0.4 is 9.47 Å². The average molecular weight is 349 g/mol. The van der Waals surface area contributed by atoms with Gasteiger partial charge in [-0.1, -0.05) is 23.3 Å². The van der Waals surface area contributed by atoms with E-state index in [4.69, 9.17) is 9.47 Å². The molecule has 100 valence electrons. The fraction of sp³-hybridized carbons (Fsp3) is 0. The van der Waals surface area contributed by atoms with Crippen LogP contribution in [0.2, 0.25) is 0 Å². The zero-order valence-electron chi connectivity index (χ0n) is 10.2. The smallest absolute Gasteiger partial charge is 0.300 e. The highest BCUT2D eigenvalue weighted by molar-refractivity contribution is 9.11. The van der Waals surface area contributed by atoms with Crippen molar-refractivity contribution in [1.82, 2.24) is 10.2 Å². The fourth-order valence-corrected chi connectivity index (χ4v) is 2.48. The molecule has 0 aliphatic rings. The normalized spacial score (nSPS) is 10.2. The van der Waals surface area contributed by atoms with E-state index in [1.165, 1.54) is 11.3 Å². The van der Waals surface area contributed by atoms with Gasteiger partial charge in [-0.25, -0.2) is 0 Å². The van der Waals surface area contributed by atoms with Crippen LogP contribution in [0.3, 0.4) is 0 Å². The van der Waals surface area contributed by atoms with E-state index in [1.807, 2.05) is 54.6 Å². The molecule has 1 aromatic heterocycles. The molecule has 0 amide bonds. The summed E-state index contributed by atoms with van der Waals surface area (Å²) in [5.41, 5.74) is 0. The van der Waals surface area contributed by atoms with E-state index in [1.54, 1.807) is 0 Å². The van der Waals surface area contributed by atoms with Crippen molar-refractivity contribution < 1.29 is 9.47 Å². The van der Waals surface area contributed by atoms with Crippen molar-refractivity contribution in [3.8, 4) is 22.4 Å². The summed E-state index contributed by atoms with van der Waals surface area (Å²) in [6.45, 7) is 0. The van der Waals surface area contributed by atoms with E-state index < -0.39 is 0 Å². The Labute approximate surface area is 128 Å². The Balaban J connectivity index is 1.68. The Hall–Kier alpha value is -1.92. The highest BCUT2D eigenvalue weighted by atomic mass is 79.9. The summed E-state index contributed by atoms with van der Waals surface area (Å²) < 4.78 is 12.0. The first-order valence-electron chi connectivity index (χ1n) is 5.79. The maximum absolute atomic E-state index is 5.70. The number of halogens is 1. The van der Waals surface area contributed by atoms with Crippen molar-refractivity contribution in [1.29, 1.82) is 0 Å². The Morgan fingerprint density at radius 1 is 0.750 bits per heavy atom. The molecule has 0 unspecified atom stereocenters. The van der Waals surface area contributed by atoms with Gasteiger partial charge in [-0.3, -0.25) is 0 Å². The topological polar surface area (TPSA) is 44.2 Å². The first kappa shape index (κ1) is 13.1. The zero-order chi connectivity index (χ0) is 13.8. The van der Waals surface area contributed by atoms with Gasteiger partial charge < -0.3 is 9.47 Å². The molecule has 6 heteroatoms. The maximum Gasteiger partial charge on any atom is 0.300 e. The van der Waals surface area contributed by atoms with Gasteiger partial charge in [0.05, 0.1) is 0 Å². The summed E-state index contributed by atoms with van der Waals surface area (Å²) in [5, 5.41) is 8.19. The van der Waals surface area contributed by atoms with Crippen molar-refractivity contribution in [3.63, 3.8) is 0 Å². The molecule has 0 bridgehead atoms. The third-order valence-corrected chi connectivity index (χ3v) is 3.62. The minimum absolute atomic E-state index is 0.494. The molecule has 20 heavy (non-hydrogen) atoms. The van der Waals surface area contributed by atoms with Gasteiger partial charge in [-0.2, -0.15) is 0 Å². The molecule has 0 fully saturated rings. The van der Waals surface area contributed by atoms with Gasteiger partial charge in [0.25, 0.3) is 5.19 Å². The van der Waals surface area contributed by atoms with Crippen LogP contribution in [0, 0.1) is 0 Å². The number of benzene rings is 2. The predicted molar refractivity (Wildman–Crippen MR) is 80.6 cm³/mol. The molecule has 3 aromatic rings. The van der Waals surface area contributed by atoms with Crippen LogP contribution >= 0.6 is 27.3 Å². The van der Waals surface area contributed by atoms with Gasteiger partial charge in [0.1, 0.15) is 17.2 Å². The number of hydrogen-bond donors (Lipinski definition) is 0. The number of para-hydroxylation sites is 1. The van der Waals surface area contributed by atoms with Crippen molar-refractivity contribution in [2.45, 2.75) is 0 Å². The highest BCUT2D eigenvalue weighted by Crippen LogP contribution is 2.29. The van der Waals surface area contributed by atoms with Crippen LogP contribution in [0.1, 0.15) is 0 Å². The van der Waals surface area contributed by atoms with Crippen molar-refractivity contribution in [3.05, 3.63) is 58.5 Å². The van der Waals surface area contributed by atoms with E-state index >= 15 is 0 Å². The van der Waals surface area contributed by atoms with Crippen LogP contribution in [-0.4, -0.2) is 10.2 Å². The quantitative estimate of drug-likeness (QED) is 0.673. The number of nitrogens with zero attached hydrogens (tertiary/aromatic N) is 2. The summed E-state index contributed by atoms with van der Waals surface area (Å²) in [7, 11) is 0. The Bertz CT molecular complexity index is 686. The summed E-state index contributed by atoms with van der Waals surface area (Å²) in [5.74, 6) is 2.24. The predicted octanol–water partition coefficient (Wildman–Crippen LogP) is 4.89. The Morgan fingerprint density at radius 2 is 1.35 bits per heavy atom. The molecule has 0 spiro atoms. The molecule has 0 atom stereocenters. The summed E-state index contributed by atoms with van der Waals surface area (Å²) in [6.07, 6.45) is 0. The Morgan fingerprint density at radius 3 is 1.95 bits per heavy atom. The van der Waals surface area contributed by atoms with Crippen molar-refractivity contribution >= 4 is 27.3 Å². The molecule has 0 radical (unpaired) electrons. The van der Waals surface area contributed by atoms with Gasteiger partial charge >= 0.3 is 0 Å². The average Bonchev–Trinajstić information content (AvgIpc) is 2.88. The van der Waals surface area contributed by atoms with Gasteiger partial charge in [-0.05, 0) is 63.7 Å². The van der Waals surface area contributed by atoms with Gasteiger partial charge in [-0.15, -0.1) is 5.10 Å². The van der Waals surface area contributed by atoms with E-state index in [0.717, 1.165) is 11.5 Å². The Kier molecular flexibility index (Phi) is 3.94. The molecule has 0 N–H and O–H groups in total. The molecule has 0 saturated heterocycles. The van der Waals surface area contributed by atoms with Crippen LogP contribution in [0.25, 0.3) is 0 Å². The van der Waals surface area contributed by atoms with Gasteiger partial charge in [0, 0.05) is 0 Å². The minimum atomic E-state index is 0.494. The molecule has 4 nitrogen and oxygen atoms in total. The van der Waals surface area contributed by atoms with E-state index in [2.05, 4.69) is 26.1 Å². The summed E-state index contributed by atoms with van der Waals surface area (Å²) >= 11 is 4.57. The van der Waals surface area contributed by atoms with Gasteiger partial charge in [0.2, 0.25) is 0 Å². The van der Waals surface area contributed by atoms with Crippen molar-refractivity contribution in [2.24, 2.45) is 0 Å². The van der Waals surface area contributed by atoms with Crippen LogP contribution in [0.5, 0.6) is 22.4 Å². The van der Waals surface area contributed by atoms with E-state index in [9.17, 15) is 0 Å². The lowest BCUT2D eigenvalue weighted by molar-refractivity contribution is 0.464. The molecule has 0 aliphatic carbocycles. The molecule has 2 aromatic carbocycles. The first-order valence-corrected chi connectivity index (χ1v) is 7.40. The largest absolute Gasteiger partial charge is 0.457 e. The highest BCUT2D eigenvalue weighted by Gasteiger charge is 2.04. The number of aromatic nitrogens is 2. The fourth-order valence-electron chi connectivity index (χ4n) is 1.54. The van der Waals surface area contributed by atoms with E-state index in [-0.39, 0.29) is 0 Å². The third kappa shape index (κ3) is 3.34. The van der Waals surface area contributed by atoms with Crippen LogP contribution in [0.4, 0.5) is 0 Å². The molecule has 0 saturated carbocycles. The summed E-state index contributed by atoms with van der Waals surface area (Å²) in [6, 6.07) is 17.0. The maximum atomic E-state index is 5.70. The van der Waals surface area contributed by atoms with Gasteiger partial charge in [0.15, 0.2) is 3.92 Å². The monoisotopic (exact) mass is 348 g/mol. The molecular formula is C14H9BrN2O2S. The SMILES string of the molecule is Brc1nnc(Oc2ccc(Oc3ccccc3)cc2)s1. The molecular weight excluding hydrogens is 340 g/mol. The number of rotatable bonds is 4. The lowest BCUT2D eigenvalue weighted by Gasteiger charge is -2.06. The second-order valence-corrected chi connectivity index (χ2v) is 6.03. The molecule has 3 rings (SSSR count). The van der Waals surface area contributed by atoms with E-state index in [0.29, 0.717) is 14.9 Å². The summed E-state index contributed by atoms with van der Waals surface area (Å²) in [4.78, 5) is 0. The lowest BCUT2D eigenvalue weighted by atomic mass is 10.3. The minimum Gasteiger partial charge on any atom is -0.457 e. The van der Waals surface area contributed by atoms with Crippen molar-refractivity contribution in [2.75, 3.05) is 0 Å². The first-order chi connectivity index (χ1) is 9.79. The van der Waals surface area contributed by atoms with Crippen LogP contribution in [0.15, 0.2) is 58.5 Å². The number of ether oxygens (including phenoxy) is 2. The van der Waals surface area contributed by atoms with Crippen LogP contribution in [-0.2, 0) is 0 Å². The zero-order valence-corrected chi connectivity index (χ0v) is 12.6. The lowest BCUT2D eigenvalue weighted by Crippen LogP contribution is -1.85. The standard InChI is InChI=1S/C14H9BrN2O2S/c15-13-16-17-14(20-13)19-12-8-6-11(7-9-12)18-10-4-2-1-3-5-10/h1-9H.